The van der Waals surface area contributed by atoms with E-state index in [2.05, 4.69) is 10.3 Å². The first-order valence-electron chi connectivity index (χ1n) is 7.06. The zero-order valence-electron chi connectivity index (χ0n) is 13.0. The molecule has 0 bridgehead atoms. The summed E-state index contributed by atoms with van der Waals surface area (Å²) >= 11 is 0. The van der Waals surface area contributed by atoms with Crippen LogP contribution >= 0.6 is 0 Å². The van der Waals surface area contributed by atoms with Gasteiger partial charge >= 0.3 is 5.97 Å². The van der Waals surface area contributed by atoms with E-state index in [9.17, 15) is 9.59 Å². The Morgan fingerprint density at radius 2 is 1.83 bits per heavy atom. The topological polar surface area (TPSA) is 77.5 Å². The molecule has 0 aliphatic rings. The van der Waals surface area contributed by atoms with E-state index in [1.165, 1.54) is 19.5 Å². The Bertz CT molecular complexity index is 673. The number of methoxy groups -OCH3 is 2. The summed E-state index contributed by atoms with van der Waals surface area (Å²) < 4.78 is 10.1. The molecule has 1 amide bonds. The van der Waals surface area contributed by atoms with Gasteiger partial charge in [-0.05, 0) is 23.8 Å². The number of esters is 1. The zero-order chi connectivity index (χ0) is 16.7. The minimum Gasteiger partial charge on any atom is -0.496 e. The van der Waals surface area contributed by atoms with Crippen molar-refractivity contribution in [1.29, 1.82) is 0 Å². The fourth-order valence-electron chi connectivity index (χ4n) is 2.17. The van der Waals surface area contributed by atoms with Crippen molar-refractivity contribution in [2.24, 2.45) is 0 Å². The van der Waals surface area contributed by atoms with Crippen LogP contribution in [0.15, 0.2) is 48.8 Å². The maximum absolute atomic E-state index is 12.2. The fraction of sp³-hybridized carbons (Fsp3) is 0.235. The van der Waals surface area contributed by atoms with E-state index < -0.39 is 12.0 Å². The summed E-state index contributed by atoms with van der Waals surface area (Å²) in [5.41, 5.74) is 1.23. The van der Waals surface area contributed by atoms with E-state index >= 15 is 0 Å². The monoisotopic (exact) mass is 314 g/mol. The molecule has 1 heterocycles. The summed E-state index contributed by atoms with van der Waals surface area (Å²) in [6, 6.07) is 9.67. The summed E-state index contributed by atoms with van der Waals surface area (Å²) in [7, 11) is 2.84. The van der Waals surface area contributed by atoms with Crippen molar-refractivity contribution in [1.82, 2.24) is 10.3 Å². The molecule has 1 N–H and O–H groups in total. The average molecular weight is 314 g/mol. The molecule has 0 unspecified atom stereocenters. The summed E-state index contributed by atoms with van der Waals surface area (Å²) in [6.45, 7) is 0. The van der Waals surface area contributed by atoms with Gasteiger partial charge in [0.1, 0.15) is 11.8 Å². The third-order valence-electron chi connectivity index (χ3n) is 3.35. The number of carbonyl (C=O) groups is 2. The van der Waals surface area contributed by atoms with Gasteiger partial charge < -0.3 is 14.8 Å². The predicted octanol–water partition coefficient (Wildman–Crippen LogP) is 1.60. The molecule has 1 aromatic heterocycles. The lowest BCUT2D eigenvalue weighted by Crippen LogP contribution is -2.43. The first kappa shape index (κ1) is 16.5. The van der Waals surface area contributed by atoms with Crippen molar-refractivity contribution in [2.75, 3.05) is 14.2 Å². The minimum atomic E-state index is -0.808. The molecule has 1 atom stereocenters. The Kier molecular flexibility index (Phi) is 5.68. The van der Waals surface area contributed by atoms with Crippen LogP contribution in [-0.2, 0) is 16.0 Å². The van der Waals surface area contributed by atoms with Gasteiger partial charge in [0.15, 0.2) is 0 Å². The molecule has 0 saturated carbocycles. The quantitative estimate of drug-likeness (QED) is 0.820. The van der Waals surface area contributed by atoms with Crippen LogP contribution in [0.5, 0.6) is 5.75 Å². The molecule has 0 radical (unpaired) electrons. The number of carbonyl (C=O) groups excluding carboxylic acids is 2. The van der Waals surface area contributed by atoms with Crippen LogP contribution in [0.3, 0.4) is 0 Å². The van der Waals surface area contributed by atoms with Gasteiger partial charge in [-0.2, -0.15) is 0 Å². The third kappa shape index (κ3) is 4.29. The van der Waals surface area contributed by atoms with Crippen LogP contribution in [0.2, 0.25) is 0 Å². The highest BCUT2D eigenvalue weighted by Gasteiger charge is 2.23. The number of benzene rings is 1. The van der Waals surface area contributed by atoms with Crippen molar-refractivity contribution in [3.8, 4) is 5.75 Å². The Morgan fingerprint density at radius 3 is 2.48 bits per heavy atom. The fourth-order valence-corrected chi connectivity index (χ4v) is 2.17. The van der Waals surface area contributed by atoms with Crippen molar-refractivity contribution in [2.45, 2.75) is 12.5 Å². The van der Waals surface area contributed by atoms with Crippen LogP contribution in [0.1, 0.15) is 15.9 Å². The molecule has 120 valence electrons. The van der Waals surface area contributed by atoms with Gasteiger partial charge in [0.25, 0.3) is 5.91 Å². The molecule has 0 fully saturated rings. The molecule has 0 aliphatic heterocycles. The second-order valence-electron chi connectivity index (χ2n) is 4.80. The molecule has 2 rings (SSSR count). The average Bonchev–Trinajstić information content (AvgIpc) is 2.61. The second-order valence-corrected chi connectivity index (χ2v) is 4.80. The lowest BCUT2D eigenvalue weighted by atomic mass is 10.0. The van der Waals surface area contributed by atoms with Gasteiger partial charge in [0.05, 0.1) is 14.2 Å². The Balaban J connectivity index is 2.17. The highest BCUT2D eigenvalue weighted by Crippen LogP contribution is 2.19. The first-order chi connectivity index (χ1) is 11.2. The minimum absolute atomic E-state index is 0.271. The van der Waals surface area contributed by atoms with Gasteiger partial charge in [-0.25, -0.2) is 4.79 Å². The number of para-hydroxylation sites is 1. The Hall–Kier alpha value is -2.89. The number of ether oxygens (including phenoxy) is 2. The SMILES string of the molecule is COC(=O)[C@@H](Cc1ccccc1OC)NC(=O)c1ccncc1. The largest absolute Gasteiger partial charge is 0.496 e. The number of nitrogens with zero attached hydrogens (tertiary/aromatic N) is 1. The zero-order valence-corrected chi connectivity index (χ0v) is 13.0. The van der Waals surface area contributed by atoms with Crippen molar-refractivity contribution in [3.63, 3.8) is 0 Å². The van der Waals surface area contributed by atoms with E-state index in [0.717, 1.165) is 5.56 Å². The van der Waals surface area contributed by atoms with Gasteiger partial charge in [0.2, 0.25) is 0 Å². The Morgan fingerprint density at radius 1 is 1.13 bits per heavy atom. The second kappa shape index (κ2) is 7.93. The molecule has 6 heteroatoms. The normalized spacial score (nSPS) is 11.4. The maximum Gasteiger partial charge on any atom is 0.328 e. The van der Waals surface area contributed by atoms with Crippen LogP contribution in [0, 0.1) is 0 Å². The van der Waals surface area contributed by atoms with Gasteiger partial charge in [-0.1, -0.05) is 18.2 Å². The van der Waals surface area contributed by atoms with E-state index in [-0.39, 0.29) is 12.3 Å². The van der Waals surface area contributed by atoms with Crippen LogP contribution < -0.4 is 10.1 Å². The number of rotatable bonds is 6. The number of hydrogen-bond acceptors (Lipinski definition) is 5. The summed E-state index contributed by atoms with van der Waals surface area (Å²) in [5.74, 6) is -0.226. The van der Waals surface area contributed by atoms with Gasteiger partial charge in [-0.15, -0.1) is 0 Å². The number of amides is 1. The number of pyridine rings is 1. The third-order valence-corrected chi connectivity index (χ3v) is 3.35. The number of aromatic nitrogens is 1. The molecular weight excluding hydrogens is 296 g/mol. The van der Waals surface area contributed by atoms with Crippen molar-refractivity contribution >= 4 is 11.9 Å². The smallest absolute Gasteiger partial charge is 0.328 e. The number of hydrogen-bond donors (Lipinski definition) is 1. The first-order valence-corrected chi connectivity index (χ1v) is 7.06. The molecule has 0 saturated heterocycles. The highest BCUT2D eigenvalue weighted by atomic mass is 16.5. The molecule has 1 aromatic carbocycles. The predicted molar refractivity (Wildman–Crippen MR) is 84.2 cm³/mol. The summed E-state index contributed by atoms with van der Waals surface area (Å²) in [4.78, 5) is 28.1. The lowest BCUT2D eigenvalue weighted by Gasteiger charge is -2.18. The lowest BCUT2D eigenvalue weighted by molar-refractivity contribution is -0.142. The summed E-state index contributed by atoms with van der Waals surface area (Å²) in [6.07, 6.45) is 3.30. The molecule has 2 aromatic rings. The van der Waals surface area contributed by atoms with Crippen molar-refractivity contribution < 1.29 is 19.1 Å². The highest BCUT2D eigenvalue weighted by molar-refractivity contribution is 5.96. The summed E-state index contributed by atoms with van der Waals surface area (Å²) in [5, 5.41) is 2.69. The molecular formula is C17H18N2O4. The van der Waals surface area contributed by atoms with Crippen LogP contribution in [0.25, 0.3) is 0 Å². The van der Waals surface area contributed by atoms with Crippen LogP contribution in [-0.4, -0.2) is 37.1 Å². The van der Waals surface area contributed by atoms with E-state index in [1.54, 1.807) is 25.3 Å². The van der Waals surface area contributed by atoms with E-state index in [4.69, 9.17) is 9.47 Å². The molecule has 23 heavy (non-hydrogen) atoms. The van der Waals surface area contributed by atoms with E-state index in [0.29, 0.717) is 11.3 Å². The molecule has 6 nitrogen and oxygen atoms in total. The van der Waals surface area contributed by atoms with E-state index in [1.807, 2.05) is 18.2 Å². The van der Waals surface area contributed by atoms with Crippen LogP contribution in [0.4, 0.5) is 0 Å². The van der Waals surface area contributed by atoms with Gasteiger partial charge in [-0.3, -0.25) is 9.78 Å². The molecule has 0 aliphatic carbocycles. The standard InChI is InChI=1S/C17H18N2O4/c1-22-15-6-4-3-5-13(15)11-14(17(21)23-2)19-16(20)12-7-9-18-10-8-12/h3-10,14H,11H2,1-2H3,(H,19,20)/t14-/m1/s1. The molecule has 0 spiro atoms. The maximum atomic E-state index is 12.2. The Labute approximate surface area is 134 Å². The number of nitrogens with one attached hydrogen (secondary N) is 1. The van der Waals surface area contributed by atoms with Gasteiger partial charge in [0, 0.05) is 24.4 Å². The van der Waals surface area contributed by atoms with Crippen molar-refractivity contribution in [3.05, 3.63) is 59.9 Å².